The minimum absolute atomic E-state index is 0.939. The lowest BCUT2D eigenvalue weighted by Crippen LogP contribution is -2.01. The minimum Gasteiger partial charge on any atom is -0.220 e. The van der Waals surface area contributed by atoms with E-state index in [0.29, 0.717) is 0 Å². The molecule has 1 aromatic carbocycles. The highest BCUT2D eigenvalue weighted by molar-refractivity contribution is 5.48. The van der Waals surface area contributed by atoms with Crippen LogP contribution in [0, 0.1) is 27.7 Å². The van der Waals surface area contributed by atoms with Crippen molar-refractivity contribution in [1.29, 1.82) is 0 Å². The molecule has 2 rings (SSSR count). The van der Waals surface area contributed by atoms with Gasteiger partial charge in [0.1, 0.15) is 0 Å². The quantitative estimate of drug-likeness (QED) is 0.709. The molecule has 0 saturated heterocycles. The van der Waals surface area contributed by atoms with Gasteiger partial charge in [-0.05, 0) is 38.8 Å². The number of nitrogens with zero attached hydrogens (tertiary/aromatic N) is 3. The molecule has 0 bridgehead atoms. The molecule has 78 valence electrons. The highest BCUT2D eigenvalue weighted by Crippen LogP contribution is 2.19. The number of benzene rings is 1. The lowest BCUT2D eigenvalue weighted by atomic mass is 10.1. The molecule has 0 saturated carbocycles. The summed E-state index contributed by atoms with van der Waals surface area (Å²) in [4.78, 5) is 0. The van der Waals surface area contributed by atoms with Crippen LogP contribution in [0.4, 0.5) is 0 Å². The van der Waals surface area contributed by atoms with E-state index in [1.165, 1.54) is 16.7 Å². The number of rotatable bonds is 1. The van der Waals surface area contributed by atoms with Crippen molar-refractivity contribution in [3.8, 4) is 5.69 Å². The standard InChI is InChI=1S/C12H15N3/c1-8-5-9(2)12(10(3)6-8)15-7-11(4)13-14-15/h5-7H,1-4H3. The first-order valence-electron chi connectivity index (χ1n) is 5.05. The maximum absolute atomic E-state index is 4.10. The molecule has 3 heteroatoms. The second-order valence-corrected chi connectivity index (χ2v) is 4.05. The van der Waals surface area contributed by atoms with Gasteiger partial charge in [0.05, 0.1) is 17.6 Å². The number of aryl methyl sites for hydroxylation is 4. The molecule has 15 heavy (non-hydrogen) atoms. The third-order valence-corrected chi connectivity index (χ3v) is 2.47. The van der Waals surface area contributed by atoms with Crippen LogP contribution >= 0.6 is 0 Å². The Kier molecular flexibility index (Phi) is 2.31. The second-order valence-electron chi connectivity index (χ2n) is 4.05. The summed E-state index contributed by atoms with van der Waals surface area (Å²) in [6.45, 7) is 8.26. The van der Waals surface area contributed by atoms with Crippen molar-refractivity contribution >= 4 is 0 Å². The average Bonchev–Trinajstić information content (AvgIpc) is 2.49. The normalized spacial score (nSPS) is 10.7. The smallest absolute Gasteiger partial charge is 0.0800 e. The lowest BCUT2D eigenvalue weighted by Gasteiger charge is -2.10. The van der Waals surface area contributed by atoms with Gasteiger partial charge in [0.25, 0.3) is 0 Å². The maximum Gasteiger partial charge on any atom is 0.0800 e. The molecule has 0 aliphatic heterocycles. The molecule has 0 spiro atoms. The van der Waals surface area contributed by atoms with Gasteiger partial charge in [-0.3, -0.25) is 0 Å². The van der Waals surface area contributed by atoms with Gasteiger partial charge in [0, 0.05) is 0 Å². The Balaban J connectivity index is 2.62. The van der Waals surface area contributed by atoms with E-state index in [4.69, 9.17) is 0 Å². The van der Waals surface area contributed by atoms with Crippen LogP contribution in [0.3, 0.4) is 0 Å². The predicted molar refractivity (Wildman–Crippen MR) is 60.3 cm³/mol. The van der Waals surface area contributed by atoms with Crippen LogP contribution in [0.15, 0.2) is 18.3 Å². The van der Waals surface area contributed by atoms with Crippen molar-refractivity contribution in [3.05, 3.63) is 40.7 Å². The summed E-state index contributed by atoms with van der Waals surface area (Å²) in [5, 5.41) is 8.11. The fraction of sp³-hybridized carbons (Fsp3) is 0.333. The zero-order valence-corrected chi connectivity index (χ0v) is 9.57. The Morgan fingerprint density at radius 3 is 2.07 bits per heavy atom. The first kappa shape index (κ1) is 9.90. The van der Waals surface area contributed by atoms with Gasteiger partial charge in [-0.1, -0.05) is 22.9 Å². The van der Waals surface area contributed by atoms with E-state index in [-0.39, 0.29) is 0 Å². The first-order chi connectivity index (χ1) is 7.08. The monoisotopic (exact) mass is 201 g/mol. The van der Waals surface area contributed by atoms with E-state index in [1.807, 2.05) is 17.8 Å². The van der Waals surface area contributed by atoms with Crippen LogP contribution in [0.5, 0.6) is 0 Å². The van der Waals surface area contributed by atoms with Gasteiger partial charge in [-0.15, -0.1) is 5.10 Å². The van der Waals surface area contributed by atoms with Crippen molar-refractivity contribution < 1.29 is 0 Å². The van der Waals surface area contributed by atoms with E-state index in [0.717, 1.165) is 11.4 Å². The molecule has 3 nitrogen and oxygen atoms in total. The Hall–Kier alpha value is -1.64. The van der Waals surface area contributed by atoms with Crippen molar-refractivity contribution in [2.24, 2.45) is 0 Å². The molecule has 0 atom stereocenters. The molecule has 0 aliphatic carbocycles. The Bertz CT molecular complexity index is 474. The minimum atomic E-state index is 0.939. The Labute approximate surface area is 89.7 Å². The van der Waals surface area contributed by atoms with Crippen molar-refractivity contribution in [2.45, 2.75) is 27.7 Å². The summed E-state index contributed by atoms with van der Waals surface area (Å²) in [6.07, 6.45) is 1.95. The van der Waals surface area contributed by atoms with Crippen LogP contribution < -0.4 is 0 Å². The topological polar surface area (TPSA) is 30.7 Å². The average molecular weight is 201 g/mol. The molecule has 1 aromatic heterocycles. The van der Waals surface area contributed by atoms with Crippen molar-refractivity contribution in [1.82, 2.24) is 15.0 Å². The molecular weight excluding hydrogens is 186 g/mol. The first-order valence-corrected chi connectivity index (χ1v) is 5.05. The summed E-state index contributed by atoms with van der Waals surface area (Å²) in [5.74, 6) is 0. The van der Waals surface area contributed by atoms with Gasteiger partial charge >= 0.3 is 0 Å². The summed E-state index contributed by atoms with van der Waals surface area (Å²) in [6, 6.07) is 4.33. The van der Waals surface area contributed by atoms with Crippen molar-refractivity contribution in [3.63, 3.8) is 0 Å². The maximum atomic E-state index is 4.10. The molecule has 0 aliphatic rings. The number of hydrogen-bond acceptors (Lipinski definition) is 2. The van der Waals surface area contributed by atoms with E-state index in [1.54, 1.807) is 0 Å². The third-order valence-electron chi connectivity index (χ3n) is 2.47. The molecule has 0 radical (unpaired) electrons. The SMILES string of the molecule is Cc1cc(C)c(-n2cc(C)nn2)c(C)c1. The van der Waals surface area contributed by atoms with Gasteiger partial charge in [0.2, 0.25) is 0 Å². The highest BCUT2D eigenvalue weighted by Gasteiger charge is 2.07. The zero-order chi connectivity index (χ0) is 11.0. The van der Waals surface area contributed by atoms with Gasteiger partial charge < -0.3 is 0 Å². The zero-order valence-electron chi connectivity index (χ0n) is 9.57. The van der Waals surface area contributed by atoms with E-state index < -0.39 is 0 Å². The highest BCUT2D eigenvalue weighted by atomic mass is 15.4. The Morgan fingerprint density at radius 1 is 1.00 bits per heavy atom. The van der Waals surface area contributed by atoms with E-state index in [2.05, 4.69) is 43.2 Å². The fourth-order valence-electron chi connectivity index (χ4n) is 1.99. The van der Waals surface area contributed by atoms with Gasteiger partial charge in [0.15, 0.2) is 0 Å². The van der Waals surface area contributed by atoms with Crippen LogP contribution in [-0.4, -0.2) is 15.0 Å². The Morgan fingerprint density at radius 2 is 1.60 bits per heavy atom. The molecule has 0 unspecified atom stereocenters. The molecule has 0 fully saturated rings. The van der Waals surface area contributed by atoms with Crippen LogP contribution in [0.25, 0.3) is 5.69 Å². The molecular formula is C12H15N3. The lowest BCUT2D eigenvalue weighted by molar-refractivity contribution is 0.791. The predicted octanol–water partition coefficient (Wildman–Crippen LogP) is 2.50. The largest absolute Gasteiger partial charge is 0.220 e. The van der Waals surface area contributed by atoms with E-state index in [9.17, 15) is 0 Å². The van der Waals surface area contributed by atoms with Gasteiger partial charge in [-0.2, -0.15) is 0 Å². The number of aromatic nitrogens is 3. The second kappa shape index (κ2) is 3.50. The molecule has 0 N–H and O–H groups in total. The van der Waals surface area contributed by atoms with Crippen LogP contribution in [0.2, 0.25) is 0 Å². The fourth-order valence-corrected chi connectivity index (χ4v) is 1.99. The third kappa shape index (κ3) is 1.77. The van der Waals surface area contributed by atoms with Crippen molar-refractivity contribution in [2.75, 3.05) is 0 Å². The molecule has 0 amide bonds. The van der Waals surface area contributed by atoms with E-state index >= 15 is 0 Å². The summed E-state index contributed by atoms with van der Waals surface area (Å²) in [7, 11) is 0. The van der Waals surface area contributed by atoms with Crippen LogP contribution in [0.1, 0.15) is 22.4 Å². The van der Waals surface area contributed by atoms with Gasteiger partial charge in [-0.25, -0.2) is 4.68 Å². The summed E-state index contributed by atoms with van der Waals surface area (Å²) in [5.41, 5.74) is 5.83. The molecule has 2 aromatic rings. The number of hydrogen-bond donors (Lipinski definition) is 0. The van der Waals surface area contributed by atoms with Crippen LogP contribution in [-0.2, 0) is 0 Å². The molecule has 1 heterocycles. The summed E-state index contributed by atoms with van der Waals surface area (Å²) >= 11 is 0. The summed E-state index contributed by atoms with van der Waals surface area (Å²) < 4.78 is 1.85.